The van der Waals surface area contributed by atoms with Crippen molar-refractivity contribution in [2.75, 3.05) is 20.3 Å². The first-order chi connectivity index (χ1) is 8.58. The number of aryl methyl sites for hydroxylation is 1. The number of carbonyl (C=O) groups excluding carboxylic acids is 1. The van der Waals surface area contributed by atoms with E-state index in [2.05, 4.69) is 6.92 Å². The maximum Gasteiger partial charge on any atom is 0.260 e. The van der Waals surface area contributed by atoms with Crippen molar-refractivity contribution in [3.63, 3.8) is 0 Å². The van der Waals surface area contributed by atoms with E-state index in [4.69, 9.17) is 9.84 Å². The second-order valence-electron chi connectivity index (χ2n) is 4.32. The number of likely N-dealkylation sites (N-methyl/N-ethyl adjacent to an activating group) is 1. The fourth-order valence-corrected chi connectivity index (χ4v) is 1.44. The molecular formula is C14H21NO3. The molecule has 0 bridgehead atoms. The van der Waals surface area contributed by atoms with Crippen LogP contribution in [0.5, 0.6) is 5.75 Å². The third-order valence-corrected chi connectivity index (χ3v) is 3.01. The van der Waals surface area contributed by atoms with Crippen LogP contribution in [0.2, 0.25) is 0 Å². The number of aliphatic hydroxyl groups is 1. The summed E-state index contributed by atoms with van der Waals surface area (Å²) < 4.78 is 5.41. The van der Waals surface area contributed by atoms with Crippen LogP contribution in [0.1, 0.15) is 19.4 Å². The number of carbonyl (C=O) groups is 1. The summed E-state index contributed by atoms with van der Waals surface area (Å²) in [6.45, 7) is 3.82. The minimum atomic E-state index is -0.191. The molecular weight excluding hydrogens is 230 g/mol. The van der Waals surface area contributed by atoms with E-state index in [-0.39, 0.29) is 25.2 Å². The van der Waals surface area contributed by atoms with Crippen molar-refractivity contribution >= 4 is 5.91 Å². The van der Waals surface area contributed by atoms with E-state index in [0.717, 1.165) is 6.42 Å². The smallest absolute Gasteiger partial charge is 0.260 e. The molecule has 100 valence electrons. The molecule has 0 fully saturated rings. The standard InChI is InChI=1S/C14H21NO3/c1-4-12-5-7-13(8-6-12)18-10-14(17)15(3)11(2)9-16/h5-8,11,16H,4,9-10H2,1-3H3. The van der Waals surface area contributed by atoms with Crippen molar-refractivity contribution in [3.05, 3.63) is 29.8 Å². The van der Waals surface area contributed by atoms with Crippen LogP contribution in [-0.4, -0.2) is 42.2 Å². The second-order valence-corrected chi connectivity index (χ2v) is 4.32. The Morgan fingerprint density at radius 3 is 2.50 bits per heavy atom. The normalized spacial score (nSPS) is 12.0. The molecule has 0 saturated heterocycles. The molecule has 0 heterocycles. The van der Waals surface area contributed by atoms with E-state index in [1.807, 2.05) is 24.3 Å². The summed E-state index contributed by atoms with van der Waals surface area (Å²) in [5, 5.41) is 8.96. The van der Waals surface area contributed by atoms with Gasteiger partial charge in [-0.1, -0.05) is 19.1 Å². The van der Waals surface area contributed by atoms with Gasteiger partial charge in [0, 0.05) is 7.05 Å². The highest BCUT2D eigenvalue weighted by Gasteiger charge is 2.15. The van der Waals surface area contributed by atoms with Gasteiger partial charge in [-0.05, 0) is 31.0 Å². The lowest BCUT2D eigenvalue weighted by atomic mass is 10.2. The zero-order valence-corrected chi connectivity index (χ0v) is 11.2. The van der Waals surface area contributed by atoms with Gasteiger partial charge in [0.25, 0.3) is 5.91 Å². The molecule has 0 aliphatic carbocycles. The summed E-state index contributed by atoms with van der Waals surface area (Å²) in [4.78, 5) is 13.2. The van der Waals surface area contributed by atoms with Crippen LogP contribution < -0.4 is 4.74 Å². The Morgan fingerprint density at radius 2 is 2.00 bits per heavy atom. The average Bonchev–Trinajstić information content (AvgIpc) is 2.43. The largest absolute Gasteiger partial charge is 0.484 e. The minimum absolute atomic E-state index is 0.00763. The molecule has 0 aliphatic heterocycles. The quantitative estimate of drug-likeness (QED) is 0.833. The number of hydrogen-bond donors (Lipinski definition) is 1. The number of nitrogens with zero attached hydrogens (tertiary/aromatic N) is 1. The molecule has 1 aromatic carbocycles. The summed E-state index contributed by atoms with van der Waals surface area (Å²) in [6.07, 6.45) is 0.982. The van der Waals surface area contributed by atoms with E-state index >= 15 is 0 Å². The fraction of sp³-hybridized carbons (Fsp3) is 0.500. The van der Waals surface area contributed by atoms with Gasteiger partial charge in [-0.15, -0.1) is 0 Å². The number of ether oxygens (including phenoxy) is 1. The van der Waals surface area contributed by atoms with Gasteiger partial charge in [0.15, 0.2) is 6.61 Å². The number of benzene rings is 1. The Kier molecular flexibility index (Phi) is 5.65. The van der Waals surface area contributed by atoms with Crippen molar-refractivity contribution in [2.45, 2.75) is 26.3 Å². The van der Waals surface area contributed by atoms with E-state index in [1.165, 1.54) is 10.5 Å². The molecule has 0 aliphatic rings. The first-order valence-electron chi connectivity index (χ1n) is 6.16. The Bertz CT molecular complexity index is 375. The maximum absolute atomic E-state index is 11.7. The van der Waals surface area contributed by atoms with Crippen molar-refractivity contribution < 1.29 is 14.6 Å². The summed E-state index contributed by atoms with van der Waals surface area (Å²) in [5.41, 5.74) is 1.24. The van der Waals surface area contributed by atoms with Crippen LogP contribution in [0.15, 0.2) is 24.3 Å². The summed E-state index contributed by atoms with van der Waals surface area (Å²) >= 11 is 0. The van der Waals surface area contributed by atoms with Crippen molar-refractivity contribution in [1.29, 1.82) is 0 Å². The number of rotatable bonds is 6. The van der Waals surface area contributed by atoms with Gasteiger partial charge in [-0.2, -0.15) is 0 Å². The number of aliphatic hydroxyl groups excluding tert-OH is 1. The lowest BCUT2D eigenvalue weighted by Crippen LogP contribution is -2.40. The molecule has 1 rings (SSSR count). The third-order valence-electron chi connectivity index (χ3n) is 3.01. The predicted octanol–water partition coefficient (Wildman–Crippen LogP) is 1.47. The highest BCUT2D eigenvalue weighted by Crippen LogP contribution is 2.12. The van der Waals surface area contributed by atoms with Crippen molar-refractivity contribution in [3.8, 4) is 5.75 Å². The van der Waals surface area contributed by atoms with Crippen LogP contribution in [-0.2, 0) is 11.2 Å². The number of amides is 1. The molecule has 1 amide bonds. The van der Waals surface area contributed by atoms with Gasteiger partial charge >= 0.3 is 0 Å². The third kappa shape index (κ3) is 4.04. The molecule has 1 aromatic rings. The molecule has 4 nitrogen and oxygen atoms in total. The molecule has 0 spiro atoms. The highest BCUT2D eigenvalue weighted by atomic mass is 16.5. The molecule has 1 atom stereocenters. The Morgan fingerprint density at radius 1 is 1.39 bits per heavy atom. The SMILES string of the molecule is CCc1ccc(OCC(=O)N(C)C(C)CO)cc1. The minimum Gasteiger partial charge on any atom is -0.484 e. The lowest BCUT2D eigenvalue weighted by Gasteiger charge is -2.23. The molecule has 0 saturated carbocycles. The van der Waals surface area contributed by atoms with E-state index in [1.54, 1.807) is 14.0 Å². The molecule has 0 radical (unpaired) electrons. The monoisotopic (exact) mass is 251 g/mol. The summed E-state index contributed by atoms with van der Waals surface area (Å²) in [7, 11) is 1.66. The average molecular weight is 251 g/mol. The van der Waals surface area contributed by atoms with Gasteiger partial charge in [-0.25, -0.2) is 0 Å². The Hall–Kier alpha value is -1.55. The first-order valence-corrected chi connectivity index (χ1v) is 6.16. The van der Waals surface area contributed by atoms with E-state index < -0.39 is 0 Å². The van der Waals surface area contributed by atoms with Gasteiger partial charge in [0.2, 0.25) is 0 Å². The fourth-order valence-electron chi connectivity index (χ4n) is 1.44. The molecule has 1 N–H and O–H groups in total. The molecule has 4 heteroatoms. The van der Waals surface area contributed by atoms with Crippen LogP contribution in [0.3, 0.4) is 0 Å². The number of hydrogen-bond acceptors (Lipinski definition) is 3. The van der Waals surface area contributed by atoms with Crippen LogP contribution >= 0.6 is 0 Å². The summed E-state index contributed by atoms with van der Waals surface area (Å²) in [6, 6.07) is 7.51. The second kappa shape index (κ2) is 7.01. The zero-order chi connectivity index (χ0) is 13.5. The van der Waals surface area contributed by atoms with Crippen molar-refractivity contribution in [1.82, 2.24) is 4.90 Å². The first kappa shape index (κ1) is 14.5. The topological polar surface area (TPSA) is 49.8 Å². The predicted molar refractivity (Wildman–Crippen MR) is 70.6 cm³/mol. The maximum atomic E-state index is 11.7. The molecule has 1 unspecified atom stereocenters. The van der Waals surface area contributed by atoms with E-state index in [0.29, 0.717) is 5.75 Å². The Labute approximate surface area is 108 Å². The van der Waals surface area contributed by atoms with Gasteiger partial charge in [-0.3, -0.25) is 4.79 Å². The summed E-state index contributed by atoms with van der Waals surface area (Å²) in [5.74, 6) is 0.543. The van der Waals surface area contributed by atoms with Crippen molar-refractivity contribution in [2.24, 2.45) is 0 Å². The van der Waals surface area contributed by atoms with Gasteiger partial charge < -0.3 is 14.7 Å². The molecule has 0 aromatic heterocycles. The highest BCUT2D eigenvalue weighted by molar-refractivity contribution is 5.77. The zero-order valence-electron chi connectivity index (χ0n) is 11.2. The van der Waals surface area contributed by atoms with Gasteiger partial charge in [0.1, 0.15) is 5.75 Å². The molecule has 18 heavy (non-hydrogen) atoms. The van der Waals surface area contributed by atoms with Crippen LogP contribution in [0.25, 0.3) is 0 Å². The lowest BCUT2D eigenvalue weighted by molar-refractivity contribution is -0.134. The van der Waals surface area contributed by atoms with E-state index in [9.17, 15) is 4.79 Å². The van der Waals surface area contributed by atoms with Crippen LogP contribution in [0.4, 0.5) is 0 Å². The van der Waals surface area contributed by atoms with Gasteiger partial charge in [0.05, 0.1) is 12.6 Å². The van der Waals surface area contributed by atoms with Crippen LogP contribution in [0, 0.1) is 0 Å². The Balaban J connectivity index is 2.46.